The molecular formula is C19H20N2O4S2. The van der Waals surface area contributed by atoms with Crippen molar-refractivity contribution in [2.45, 2.75) is 6.54 Å². The Labute approximate surface area is 165 Å². The van der Waals surface area contributed by atoms with Gasteiger partial charge in [-0.15, -0.1) is 11.3 Å². The highest BCUT2D eigenvalue weighted by atomic mass is 32.1. The van der Waals surface area contributed by atoms with E-state index < -0.39 is 0 Å². The van der Waals surface area contributed by atoms with Crippen molar-refractivity contribution in [3.63, 3.8) is 0 Å². The summed E-state index contributed by atoms with van der Waals surface area (Å²) in [6, 6.07) is 7.68. The zero-order chi connectivity index (χ0) is 19.2. The van der Waals surface area contributed by atoms with Crippen LogP contribution < -0.4 is 14.3 Å². The number of hydrogen-bond acceptors (Lipinski definition) is 6. The van der Waals surface area contributed by atoms with E-state index in [1.54, 1.807) is 38.7 Å². The molecule has 6 nitrogen and oxygen atoms in total. The molecule has 0 spiro atoms. The molecule has 0 fully saturated rings. The van der Waals surface area contributed by atoms with Crippen LogP contribution in [0.3, 0.4) is 0 Å². The molecule has 0 bridgehead atoms. The van der Waals surface area contributed by atoms with Crippen LogP contribution in [0.1, 0.15) is 4.88 Å². The smallest absolute Gasteiger partial charge is 0.272 e. The lowest BCUT2D eigenvalue weighted by Crippen LogP contribution is -2.19. The first-order chi connectivity index (χ1) is 13.2. The van der Waals surface area contributed by atoms with Crippen LogP contribution in [-0.4, -0.2) is 38.4 Å². The largest absolute Gasteiger partial charge is 0.493 e. The van der Waals surface area contributed by atoms with Gasteiger partial charge in [0, 0.05) is 36.7 Å². The third kappa shape index (κ3) is 4.47. The van der Waals surface area contributed by atoms with Crippen molar-refractivity contribution in [2.24, 2.45) is 4.99 Å². The molecule has 2 heterocycles. The van der Waals surface area contributed by atoms with Crippen LogP contribution in [-0.2, 0) is 16.1 Å². The maximum Gasteiger partial charge on any atom is 0.272 e. The number of fused-ring (bicyclic) bond motifs is 1. The number of aromatic nitrogens is 1. The molecule has 0 saturated heterocycles. The first kappa shape index (κ1) is 19.3. The summed E-state index contributed by atoms with van der Waals surface area (Å²) in [5.74, 6) is 0.963. The molecule has 1 amide bonds. The molecule has 2 aromatic heterocycles. The van der Waals surface area contributed by atoms with Crippen molar-refractivity contribution in [1.82, 2.24) is 4.57 Å². The number of ether oxygens (including phenoxy) is 3. The van der Waals surface area contributed by atoms with Crippen LogP contribution in [0.2, 0.25) is 0 Å². The molecule has 0 atom stereocenters. The van der Waals surface area contributed by atoms with Crippen molar-refractivity contribution >= 4 is 44.9 Å². The van der Waals surface area contributed by atoms with E-state index in [1.807, 2.05) is 34.2 Å². The first-order valence-corrected chi connectivity index (χ1v) is 9.90. The van der Waals surface area contributed by atoms with E-state index in [1.165, 1.54) is 17.4 Å². The lowest BCUT2D eigenvalue weighted by Gasteiger charge is -2.09. The molecule has 0 saturated carbocycles. The lowest BCUT2D eigenvalue weighted by atomic mass is 10.3. The Kier molecular flexibility index (Phi) is 6.44. The average Bonchev–Trinajstić information content (AvgIpc) is 3.31. The Morgan fingerprint density at radius 3 is 2.67 bits per heavy atom. The third-order valence-corrected chi connectivity index (χ3v) is 5.72. The fourth-order valence-corrected chi connectivity index (χ4v) is 4.24. The van der Waals surface area contributed by atoms with Crippen LogP contribution in [0.4, 0.5) is 0 Å². The van der Waals surface area contributed by atoms with Crippen LogP contribution in [0.15, 0.2) is 40.7 Å². The van der Waals surface area contributed by atoms with E-state index in [2.05, 4.69) is 4.99 Å². The summed E-state index contributed by atoms with van der Waals surface area (Å²) < 4.78 is 18.9. The number of thiophene rings is 1. The number of thiazole rings is 1. The van der Waals surface area contributed by atoms with Crippen molar-refractivity contribution in [2.75, 3.05) is 27.9 Å². The predicted octanol–water partition coefficient (Wildman–Crippen LogP) is 3.57. The van der Waals surface area contributed by atoms with Gasteiger partial charge in [-0.05, 0) is 17.5 Å². The molecule has 0 radical (unpaired) electrons. The van der Waals surface area contributed by atoms with E-state index in [0.29, 0.717) is 29.5 Å². The molecular weight excluding hydrogens is 384 g/mol. The Bertz CT molecular complexity index is 1020. The van der Waals surface area contributed by atoms with Crippen molar-refractivity contribution < 1.29 is 19.0 Å². The third-order valence-electron chi connectivity index (χ3n) is 3.85. The van der Waals surface area contributed by atoms with Gasteiger partial charge in [0.1, 0.15) is 0 Å². The molecule has 0 N–H and O–H groups in total. The highest BCUT2D eigenvalue weighted by Crippen LogP contribution is 2.33. The Hall–Kier alpha value is -2.42. The normalized spacial score (nSPS) is 12.2. The van der Waals surface area contributed by atoms with E-state index in [-0.39, 0.29) is 5.91 Å². The van der Waals surface area contributed by atoms with Gasteiger partial charge in [0.05, 0.1) is 31.0 Å². The minimum atomic E-state index is -0.306. The number of benzene rings is 1. The number of nitrogens with zero attached hydrogens (tertiary/aromatic N) is 2. The molecule has 0 unspecified atom stereocenters. The van der Waals surface area contributed by atoms with Crippen LogP contribution in [0.25, 0.3) is 16.3 Å². The SMILES string of the molecule is COCCn1c(=NC(=O)/C=C/c2cccs2)sc2cc(OC)c(OC)cc21. The standard InChI is InChI=1S/C19H20N2O4S2/c1-23-9-8-21-14-11-15(24-2)16(25-3)12-17(14)27-19(21)20-18(22)7-6-13-5-4-10-26-13/h4-7,10-12H,8-9H2,1-3H3/b7-6+,20-19?. The summed E-state index contributed by atoms with van der Waals surface area (Å²) in [5.41, 5.74) is 0.920. The number of carbonyl (C=O) groups is 1. The molecule has 142 valence electrons. The van der Waals surface area contributed by atoms with E-state index in [4.69, 9.17) is 14.2 Å². The maximum atomic E-state index is 12.3. The lowest BCUT2D eigenvalue weighted by molar-refractivity contribution is -0.113. The zero-order valence-electron chi connectivity index (χ0n) is 15.3. The molecule has 0 aliphatic rings. The van der Waals surface area contributed by atoms with Crippen LogP contribution in [0.5, 0.6) is 11.5 Å². The highest BCUT2D eigenvalue weighted by molar-refractivity contribution is 7.16. The van der Waals surface area contributed by atoms with E-state index in [0.717, 1.165) is 15.1 Å². The Balaban J connectivity index is 2.05. The number of amides is 1. The predicted molar refractivity (Wildman–Crippen MR) is 109 cm³/mol. The topological polar surface area (TPSA) is 62.1 Å². The second-order valence-electron chi connectivity index (χ2n) is 5.50. The number of hydrogen-bond donors (Lipinski definition) is 0. The number of carbonyl (C=O) groups excluding carboxylic acids is 1. The number of methoxy groups -OCH3 is 3. The number of rotatable bonds is 7. The van der Waals surface area contributed by atoms with Gasteiger partial charge < -0.3 is 18.8 Å². The summed E-state index contributed by atoms with van der Waals surface area (Å²) in [4.78, 5) is 18.2. The molecule has 27 heavy (non-hydrogen) atoms. The van der Waals surface area contributed by atoms with Gasteiger partial charge in [-0.3, -0.25) is 4.79 Å². The van der Waals surface area contributed by atoms with Gasteiger partial charge in [-0.2, -0.15) is 4.99 Å². The van der Waals surface area contributed by atoms with Crippen LogP contribution >= 0.6 is 22.7 Å². The Morgan fingerprint density at radius 1 is 1.22 bits per heavy atom. The van der Waals surface area contributed by atoms with E-state index >= 15 is 0 Å². The average molecular weight is 405 g/mol. The monoisotopic (exact) mass is 404 g/mol. The summed E-state index contributed by atoms with van der Waals surface area (Å²) in [6.07, 6.45) is 3.26. The first-order valence-electron chi connectivity index (χ1n) is 8.21. The second-order valence-corrected chi connectivity index (χ2v) is 7.49. The van der Waals surface area contributed by atoms with Crippen LogP contribution in [0, 0.1) is 0 Å². The van der Waals surface area contributed by atoms with Crippen molar-refractivity contribution in [3.8, 4) is 11.5 Å². The maximum absolute atomic E-state index is 12.3. The fourth-order valence-electron chi connectivity index (χ4n) is 2.55. The van der Waals surface area contributed by atoms with Crippen molar-refractivity contribution in [1.29, 1.82) is 0 Å². The summed E-state index contributed by atoms with van der Waals surface area (Å²) in [5, 5.41) is 1.97. The summed E-state index contributed by atoms with van der Waals surface area (Å²) in [6.45, 7) is 1.08. The van der Waals surface area contributed by atoms with Gasteiger partial charge in [0.25, 0.3) is 5.91 Å². The second kappa shape index (κ2) is 8.98. The van der Waals surface area contributed by atoms with Gasteiger partial charge >= 0.3 is 0 Å². The molecule has 1 aromatic carbocycles. The van der Waals surface area contributed by atoms with Crippen molar-refractivity contribution in [3.05, 3.63) is 45.4 Å². The molecule has 3 aromatic rings. The summed E-state index contributed by atoms with van der Waals surface area (Å²) >= 11 is 3.00. The molecule has 0 aliphatic heterocycles. The zero-order valence-corrected chi connectivity index (χ0v) is 16.9. The Morgan fingerprint density at radius 2 is 2.00 bits per heavy atom. The quantitative estimate of drug-likeness (QED) is 0.565. The molecule has 3 rings (SSSR count). The minimum absolute atomic E-state index is 0.306. The fraction of sp³-hybridized carbons (Fsp3) is 0.263. The van der Waals surface area contributed by atoms with E-state index in [9.17, 15) is 4.79 Å². The van der Waals surface area contributed by atoms with Gasteiger partial charge in [-0.1, -0.05) is 17.4 Å². The van der Waals surface area contributed by atoms with Gasteiger partial charge in [0.15, 0.2) is 16.3 Å². The highest BCUT2D eigenvalue weighted by Gasteiger charge is 2.13. The minimum Gasteiger partial charge on any atom is -0.493 e. The van der Waals surface area contributed by atoms with Gasteiger partial charge in [-0.25, -0.2) is 0 Å². The van der Waals surface area contributed by atoms with Gasteiger partial charge in [0.2, 0.25) is 0 Å². The summed E-state index contributed by atoms with van der Waals surface area (Å²) in [7, 11) is 4.84. The molecule has 0 aliphatic carbocycles. The molecule has 8 heteroatoms.